The molecular formula is C13H9NOS. The van der Waals surface area contributed by atoms with Gasteiger partial charge in [-0.25, -0.2) is 0 Å². The molecule has 0 unspecified atom stereocenters. The number of aromatic hydroxyl groups is 1. The minimum absolute atomic E-state index is 0.276. The van der Waals surface area contributed by atoms with Crippen LogP contribution in [0.25, 0.3) is 21.3 Å². The van der Waals surface area contributed by atoms with Crippen LogP contribution in [-0.4, -0.2) is 9.48 Å². The lowest BCUT2D eigenvalue weighted by Gasteiger charge is -2.00. The molecule has 3 aromatic rings. The highest BCUT2D eigenvalue weighted by Crippen LogP contribution is 2.34. The van der Waals surface area contributed by atoms with Crippen LogP contribution in [0.4, 0.5) is 0 Å². The van der Waals surface area contributed by atoms with Gasteiger partial charge in [0.2, 0.25) is 0 Å². The van der Waals surface area contributed by atoms with Crippen LogP contribution in [0.2, 0.25) is 0 Å². The first-order valence-corrected chi connectivity index (χ1v) is 5.76. The molecule has 0 amide bonds. The molecule has 0 aliphatic rings. The highest BCUT2D eigenvalue weighted by molar-refractivity contribution is 7.13. The fourth-order valence-corrected chi connectivity index (χ4v) is 2.54. The van der Waals surface area contributed by atoms with E-state index < -0.39 is 0 Å². The second-order valence-corrected chi connectivity index (χ2v) is 4.35. The summed E-state index contributed by atoms with van der Waals surface area (Å²) >= 11 is 1.46. The number of hydrogen-bond donors (Lipinski definition) is 1. The minimum Gasteiger partial charge on any atom is -0.507 e. The molecule has 0 fully saturated rings. The van der Waals surface area contributed by atoms with E-state index in [0.717, 1.165) is 21.3 Å². The molecule has 0 atom stereocenters. The van der Waals surface area contributed by atoms with Crippen molar-refractivity contribution in [1.82, 2.24) is 4.37 Å². The van der Waals surface area contributed by atoms with E-state index in [1.165, 1.54) is 11.5 Å². The van der Waals surface area contributed by atoms with E-state index >= 15 is 0 Å². The summed E-state index contributed by atoms with van der Waals surface area (Å²) in [6.45, 7) is 0. The zero-order valence-corrected chi connectivity index (χ0v) is 9.24. The summed E-state index contributed by atoms with van der Waals surface area (Å²) in [5, 5.41) is 10.9. The molecule has 1 aromatic heterocycles. The molecule has 0 aliphatic carbocycles. The quantitative estimate of drug-likeness (QED) is 0.688. The first kappa shape index (κ1) is 9.36. The maximum absolute atomic E-state index is 9.81. The van der Waals surface area contributed by atoms with Crippen LogP contribution in [0.1, 0.15) is 0 Å². The average molecular weight is 227 g/mol. The predicted molar refractivity (Wildman–Crippen MR) is 66.7 cm³/mol. The van der Waals surface area contributed by atoms with E-state index in [0.29, 0.717) is 0 Å². The summed E-state index contributed by atoms with van der Waals surface area (Å²) < 4.78 is 5.55. The van der Waals surface area contributed by atoms with E-state index in [1.54, 1.807) is 6.07 Å². The molecule has 0 saturated heterocycles. The third-order valence-electron chi connectivity index (χ3n) is 2.54. The van der Waals surface area contributed by atoms with Gasteiger partial charge in [-0.15, -0.1) is 0 Å². The van der Waals surface area contributed by atoms with Crippen molar-refractivity contribution >= 4 is 21.6 Å². The Bertz CT molecular complexity index is 645. The van der Waals surface area contributed by atoms with E-state index in [2.05, 4.69) is 4.37 Å². The van der Waals surface area contributed by atoms with Gasteiger partial charge in [-0.3, -0.25) is 0 Å². The molecule has 0 saturated carbocycles. The van der Waals surface area contributed by atoms with Gasteiger partial charge in [-0.2, -0.15) is 4.37 Å². The highest BCUT2D eigenvalue weighted by atomic mass is 32.1. The molecule has 3 heteroatoms. The average Bonchev–Trinajstić information content (AvgIpc) is 2.74. The Morgan fingerprint density at radius 1 is 0.938 bits per heavy atom. The second kappa shape index (κ2) is 3.61. The lowest BCUT2D eigenvalue weighted by molar-refractivity contribution is 0.477. The van der Waals surface area contributed by atoms with Crippen molar-refractivity contribution in [2.75, 3.05) is 0 Å². The van der Waals surface area contributed by atoms with Crippen LogP contribution in [-0.2, 0) is 0 Å². The monoisotopic (exact) mass is 227 g/mol. The van der Waals surface area contributed by atoms with Gasteiger partial charge in [0.05, 0.1) is 10.4 Å². The van der Waals surface area contributed by atoms with E-state index in [-0.39, 0.29) is 5.75 Å². The summed E-state index contributed by atoms with van der Waals surface area (Å²) in [6.07, 6.45) is 0. The predicted octanol–water partition coefficient (Wildman–Crippen LogP) is 3.67. The summed E-state index contributed by atoms with van der Waals surface area (Å²) in [5.41, 5.74) is 1.65. The van der Waals surface area contributed by atoms with Crippen molar-refractivity contribution in [3.63, 3.8) is 0 Å². The number of fused-ring (bicyclic) bond motifs is 1. The Kier molecular flexibility index (Phi) is 2.11. The normalized spacial score (nSPS) is 10.8. The largest absolute Gasteiger partial charge is 0.507 e. The Labute approximate surface area is 97.0 Å². The molecule has 0 spiro atoms. The molecule has 78 valence electrons. The van der Waals surface area contributed by atoms with Gasteiger partial charge >= 0.3 is 0 Å². The SMILES string of the molecule is Oc1ccccc1-c1nsc2ccccc12. The molecule has 0 bridgehead atoms. The van der Waals surface area contributed by atoms with Gasteiger partial charge in [0.25, 0.3) is 0 Å². The minimum atomic E-state index is 0.276. The fourth-order valence-electron chi connectivity index (χ4n) is 1.75. The number of para-hydroxylation sites is 1. The van der Waals surface area contributed by atoms with Crippen molar-refractivity contribution in [3.8, 4) is 17.0 Å². The first-order valence-electron chi connectivity index (χ1n) is 4.99. The molecule has 3 rings (SSSR count). The van der Waals surface area contributed by atoms with Crippen LogP contribution < -0.4 is 0 Å². The molecule has 16 heavy (non-hydrogen) atoms. The van der Waals surface area contributed by atoms with Crippen LogP contribution in [0.5, 0.6) is 5.75 Å². The smallest absolute Gasteiger partial charge is 0.125 e. The maximum atomic E-state index is 9.81. The number of rotatable bonds is 1. The van der Waals surface area contributed by atoms with E-state index in [4.69, 9.17) is 0 Å². The number of nitrogens with zero attached hydrogens (tertiary/aromatic N) is 1. The Balaban J connectivity index is 2.31. The molecular weight excluding hydrogens is 218 g/mol. The third kappa shape index (κ3) is 1.37. The lowest BCUT2D eigenvalue weighted by atomic mass is 10.1. The van der Waals surface area contributed by atoms with Crippen molar-refractivity contribution < 1.29 is 5.11 Å². The van der Waals surface area contributed by atoms with Gasteiger partial charge in [0, 0.05) is 10.9 Å². The number of phenols is 1. The molecule has 0 aliphatic heterocycles. The van der Waals surface area contributed by atoms with Gasteiger partial charge in [0.15, 0.2) is 0 Å². The summed E-state index contributed by atoms with van der Waals surface area (Å²) in [5.74, 6) is 0.276. The zero-order valence-electron chi connectivity index (χ0n) is 8.42. The number of hydrogen-bond acceptors (Lipinski definition) is 3. The molecule has 2 aromatic carbocycles. The van der Waals surface area contributed by atoms with Gasteiger partial charge in [-0.1, -0.05) is 30.3 Å². The Hall–Kier alpha value is -1.87. The fraction of sp³-hybridized carbons (Fsp3) is 0. The third-order valence-corrected chi connectivity index (χ3v) is 3.36. The molecule has 1 N–H and O–H groups in total. The summed E-state index contributed by atoms with van der Waals surface area (Å²) in [4.78, 5) is 0. The van der Waals surface area contributed by atoms with Crippen LogP contribution in [0.3, 0.4) is 0 Å². The number of phenolic OH excluding ortho intramolecular Hbond substituents is 1. The van der Waals surface area contributed by atoms with Crippen molar-refractivity contribution in [2.45, 2.75) is 0 Å². The standard InChI is InChI=1S/C13H9NOS/c15-11-7-3-1-5-9(11)13-10-6-2-4-8-12(10)16-14-13/h1-8,15H. The number of aromatic nitrogens is 1. The highest BCUT2D eigenvalue weighted by Gasteiger charge is 2.10. The van der Waals surface area contributed by atoms with Gasteiger partial charge in [0.1, 0.15) is 5.75 Å². The van der Waals surface area contributed by atoms with E-state index in [1.807, 2.05) is 42.5 Å². The molecule has 1 heterocycles. The van der Waals surface area contributed by atoms with Crippen molar-refractivity contribution in [1.29, 1.82) is 0 Å². The van der Waals surface area contributed by atoms with E-state index in [9.17, 15) is 5.11 Å². The molecule has 0 radical (unpaired) electrons. The first-order chi connectivity index (χ1) is 7.86. The molecule has 2 nitrogen and oxygen atoms in total. The Morgan fingerprint density at radius 2 is 1.69 bits per heavy atom. The van der Waals surface area contributed by atoms with Gasteiger partial charge < -0.3 is 5.11 Å². The Morgan fingerprint density at radius 3 is 2.56 bits per heavy atom. The van der Waals surface area contributed by atoms with Crippen LogP contribution in [0.15, 0.2) is 48.5 Å². The van der Waals surface area contributed by atoms with Crippen molar-refractivity contribution in [3.05, 3.63) is 48.5 Å². The summed E-state index contributed by atoms with van der Waals surface area (Å²) in [7, 11) is 0. The van der Waals surface area contributed by atoms with Gasteiger partial charge in [-0.05, 0) is 29.7 Å². The van der Waals surface area contributed by atoms with Crippen molar-refractivity contribution in [2.24, 2.45) is 0 Å². The number of benzene rings is 2. The lowest BCUT2D eigenvalue weighted by Crippen LogP contribution is -1.78. The van der Waals surface area contributed by atoms with Crippen LogP contribution in [0, 0.1) is 0 Å². The topological polar surface area (TPSA) is 33.1 Å². The second-order valence-electron chi connectivity index (χ2n) is 3.54. The van der Waals surface area contributed by atoms with Crippen LogP contribution >= 0.6 is 11.5 Å². The zero-order chi connectivity index (χ0) is 11.0. The summed E-state index contributed by atoms with van der Waals surface area (Å²) in [6, 6.07) is 15.3. The maximum Gasteiger partial charge on any atom is 0.125 e.